The van der Waals surface area contributed by atoms with E-state index in [1.807, 2.05) is 13.0 Å². The SMILES string of the molecule is Cc1ccc2ncc(C(=O)NCCc3ccc(F)cc3)c(=O)n2c1. The second-order valence-corrected chi connectivity index (χ2v) is 5.54. The standard InChI is InChI=1S/C18H16FN3O2/c1-12-2-7-16-21-10-15(18(24)22(16)11-12)17(23)20-9-8-13-3-5-14(19)6-4-13/h2-7,10-11H,8-9H2,1H3,(H,20,23). The fraction of sp³-hybridized carbons (Fsp3) is 0.167. The molecule has 3 aromatic rings. The maximum absolute atomic E-state index is 12.8. The van der Waals surface area contributed by atoms with Crippen LogP contribution in [-0.2, 0) is 6.42 Å². The van der Waals surface area contributed by atoms with Crippen LogP contribution >= 0.6 is 0 Å². The van der Waals surface area contributed by atoms with E-state index >= 15 is 0 Å². The molecular weight excluding hydrogens is 309 g/mol. The third-order valence-electron chi connectivity index (χ3n) is 3.71. The lowest BCUT2D eigenvalue weighted by Crippen LogP contribution is -2.32. The second kappa shape index (κ2) is 6.62. The Bertz CT molecular complexity index is 949. The zero-order valence-corrected chi connectivity index (χ0v) is 13.1. The first-order valence-corrected chi connectivity index (χ1v) is 7.55. The third kappa shape index (κ3) is 3.32. The van der Waals surface area contributed by atoms with Crippen molar-refractivity contribution in [3.05, 3.63) is 81.7 Å². The van der Waals surface area contributed by atoms with Gasteiger partial charge in [0.1, 0.15) is 17.0 Å². The van der Waals surface area contributed by atoms with Crippen molar-refractivity contribution in [2.24, 2.45) is 0 Å². The molecular formula is C18H16FN3O2. The highest BCUT2D eigenvalue weighted by Gasteiger charge is 2.12. The molecule has 0 bridgehead atoms. The number of nitrogens with one attached hydrogen (secondary N) is 1. The van der Waals surface area contributed by atoms with Crippen LogP contribution in [0.5, 0.6) is 0 Å². The molecule has 1 amide bonds. The van der Waals surface area contributed by atoms with Gasteiger partial charge in [-0.3, -0.25) is 14.0 Å². The first kappa shape index (κ1) is 15.9. The molecule has 24 heavy (non-hydrogen) atoms. The minimum absolute atomic E-state index is 0.00259. The molecule has 3 rings (SSSR count). The van der Waals surface area contributed by atoms with Crippen molar-refractivity contribution in [2.45, 2.75) is 13.3 Å². The number of rotatable bonds is 4. The van der Waals surface area contributed by atoms with E-state index in [4.69, 9.17) is 0 Å². The summed E-state index contributed by atoms with van der Waals surface area (Å²) in [5.41, 5.74) is 1.90. The smallest absolute Gasteiger partial charge is 0.270 e. The maximum Gasteiger partial charge on any atom is 0.270 e. The first-order valence-electron chi connectivity index (χ1n) is 7.55. The van der Waals surface area contributed by atoms with Crippen molar-refractivity contribution in [2.75, 3.05) is 6.54 Å². The predicted molar refractivity (Wildman–Crippen MR) is 88.6 cm³/mol. The molecule has 0 aliphatic rings. The van der Waals surface area contributed by atoms with Crippen molar-refractivity contribution in [1.82, 2.24) is 14.7 Å². The van der Waals surface area contributed by atoms with Crippen LogP contribution in [0, 0.1) is 12.7 Å². The van der Waals surface area contributed by atoms with Crippen LogP contribution in [0.4, 0.5) is 4.39 Å². The molecule has 1 aromatic carbocycles. The summed E-state index contributed by atoms with van der Waals surface area (Å²) in [7, 11) is 0. The molecule has 0 unspecified atom stereocenters. The fourth-order valence-electron chi connectivity index (χ4n) is 2.41. The van der Waals surface area contributed by atoms with E-state index < -0.39 is 11.5 Å². The summed E-state index contributed by atoms with van der Waals surface area (Å²) in [6.07, 6.45) is 3.49. The van der Waals surface area contributed by atoms with Gasteiger partial charge in [0.2, 0.25) is 0 Å². The van der Waals surface area contributed by atoms with Gasteiger partial charge in [0.15, 0.2) is 0 Å². The first-order chi connectivity index (χ1) is 11.5. The molecule has 0 radical (unpaired) electrons. The Kier molecular flexibility index (Phi) is 4.37. The van der Waals surface area contributed by atoms with Gasteiger partial charge in [0, 0.05) is 18.9 Å². The largest absolute Gasteiger partial charge is 0.351 e. The Balaban J connectivity index is 1.73. The predicted octanol–water partition coefficient (Wildman–Crippen LogP) is 2.11. The number of pyridine rings is 1. The van der Waals surface area contributed by atoms with Crippen molar-refractivity contribution in [1.29, 1.82) is 0 Å². The van der Waals surface area contributed by atoms with Crippen LogP contribution in [0.3, 0.4) is 0 Å². The van der Waals surface area contributed by atoms with E-state index in [1.54, 1.807) is 24.4 Å². The quantitative estimate of drug-likeness (QED) is 0.799. The molecule has 1 N–H and O–H groups in total. The van der Waals surface area contributed by atoms with E-state index in [-0.39, 0.29) is 11.4 Å². The number of amides is 1. The summed E-state index contributed by atoms with van der Waals surface area (Å²) < 4.78 is 14.2. The highest BCUT2D eigenvalue weighted by atomic mass is 19.1. The molecule has 0 saturated carbocycles. The van der Waals surface area contributed by atoms with Crippen LogP contribution in [0.25, 0.3) is 5.65 Å². The normalized spacial score (nSPS) is 10.8. The third-order valence-corrected chi connectivity index (χ3v) is 3.71. The maximum atomic E-state index is 12.8. The number of aromatic nitrogens is 2. The van der Waals surface area contributed by atoms with Gasteiger partial charge in [0.05, 0.1) is 0 Å². The monoisotopic (exact) mass is 325 g/mol. The van der Waals surface area contributed by atoms with Gasteiger partial charge in [-0.25, -0.2) is 9.37 Å². The zero-order chi connectivity index (χ0) is 17.1. The number of hydrogen-bond acceptors (Lipinski definition) is 3. The number of hydrogen-bond donors (Lipinski definition) is 1. The van der Waals surface area contributed by atoms with Crippen LogP contribution < -0.4 is 10.9 Å². The minimum atomic E-state index is -0.467. The van der Waals surface area contributed by atoms with Crippen molar-refractivity contribution in [3.63, 3.8) is 0 Å². The number of benzene rings is 1. The minimum Gasteiger partial charge on any atom is -0.351 e. The Labute approximate surface area is 137 Å². The lowest BCUT2D eigenvalue weighted by atomic mass is 10.1. The summed E-state index contributed by atoms with van der Waals surface area (Å²) >= 11 is 0. The molecule has 122 valence electrons. The van der Waals surface area contributed by atoms with Gasteiger partial charge < -0.3 is 5.32 Å². The highest BCUT2D eigenvalue weighted by molar-refractivity contribution is 5.93. The molecule has 2 aromatic heterocycles. The average molecular weight is 325 g/mol. The van der Waals surface area contributed by atoms with E-state index in [2.05, 4.69) is 10.3 Å². The van der Waals surface area contributed by atoms with Gasteiger partial charge in [-0.1, -0.05) is 18.2 Å². The van der Waals surface area contributed by atoms with E-state index in [0.717, 1.165) is 11.1 Å². The molecule has 0 aliphatic carbocycles. The molecule has 0 saturated heterocycles. The summed E-state index contributed by atoms with van der Waals surface area (Å²) in [6.45, 7) is 2.21. The lowest BCUT2D eigenvalue weighted by molar-refractivity contribution is 0.0952. The van der Waals surface area contributed by atoms with Crippen molar-refractivity contribution >= 4 is 11.6 Å². The van der Waals surface area contributed by atoms with E-state index in [1.165, 1.54) is 22.7 Å². The van der Waals surface area contributed by atoms with Gasteiger partial charge in [0.25, 0.3) is 11.5 Å². The van der Waals surface area contributed by atoms with Crippen LogP contribution in [0.2, 0.25) is 0 Å². The van der Waals surface area contributed by atoms with Gasteiger partial charge in [-0.05, 0) is 42.7 Å². The summed E-state index contributed by atoms with van der Waals surface area (Å²) in [6, 6.07) is 9.66. The number of carbonyl (C=O) groups excluding carboxylic acids is 1. The van der Waals surface area contributed by atoms with E-state index in [9.17, 15) is 14.0 Å². The Hall–Kier alpha value is -3.02. The Morgan fingerprint density at radius 2 is 1.96 bits per heavy atom. The molecule has 0 atom stereocenters. The molecule has 0 aliphatic heterocycles. The number of aryl methyl sites for hydroxylation is 1. The molecule has 6 heteroatoms. The number of halogens is 1. The molecule has 5 nitrogen and oxygen atoms in total. The molecule has 0 spiro atoms. The van der Waals surface area contributed by atoms with Crippen molar-refractivity contribution in [3.8, 4) is 0 Å². The molecule has 0 fully saturated rings. The Morgan fingerprint density at radius 1 is 1.21 bits per heavy atom. The highest BCUT2D eigenvalue weighted by Crippen LogP contribution is 2.04. The van der Waals surface area contributed by atoms with E-state index in [0.29, 0.717) is 18.6 Å². The lowest BCUT2D eigenvalue weighted by Gasteiger charge is -2.07. The Morgan fingerprint density at radius 3 is 2.71 bits per heavy atom. The zero-order valence-electron chi connectivity index (χ0n) is 13.1. The second-order valence-electron chi connectivity index (χ2n) is 5.54. The van der Waals surface area contributed by atoms with Crippen LogP contribution in [0.15, 0.2) is 53.6 Å². The van der Waals surface area contributed by atoms with Gasteiger partial charge in [-0.15, -0.1) is 0 Å². The summed E-state index contributed by atoms with van der Waals surface area (Å²) in [5.74, 6) is -0.765. The van der Waals surface area contributed by atoms with Crippen LogP contribution in [0.1, 0.15) is 21.5 Å². The summed E-state index contributed by atoms with van der Waals surface area (Å²) in [5, 5.41) is 2.70. The van der Waals surface area contributed by atoms with Gasteiger partial charge in [-0.2, -0.15) is 0 Å². The number of nitrogens with zero attached hydrogens (tertiary/aromatic N) is 2. The topological polar surface area (TPSA) is 63.5 Å². The van der Waals surface area contributed by atoms with Gasteiger partial charge >= 0.3 is 0 Å². The number of carbonyl (C=O) groups is 1. The number of fused-ring (bicyclic) bond motifs is 1. The van der Waals surface area contributed by atoms with Crippen molar-refractivity contribution < 1.29 is 9.18 Å². The molecule has 2 heterocycles. The van der Waals surface area contributed by atoms with Crippen LogP contribution in [-0.4, -0.2) is 21.8 Å². The average Bonchev–Trinajstić information content (AvgIpc) is 2.57. The summed E-state index contributed by atoms with van der Waals surface area (Å²) in [4.78, 5) is 28.8. The fourth-order valence-corrected chi connectivity index (χ4v) is 2.41.